The summed E-state index contributed by atoms with van der Waals surface area (Å²) in [4.78, 5) is 0.829. The first kappa shape index (κ1) is 8.43. The molecule has 0 aliphatic carbocycles. The molecule has 0 unspecified atom stereocenters. The summed E-state index contributed by atoms with van der Waals surface area (Å²) < 4.78 is 5.00. The lowest BCUT2D eigenvalue weighted by Gasteiger charge is -2.05. The standard InChI is InChI=1S/C8H10O2S/c1-10-8-3-2-7(11)4-6(8)5-9/h2-4,9,11H,5H2,1H3. The van der Waals surface area contributed by atoms with Crippen LogP contribution < -0.4 is 4.74 Å². The summed E-state index contributed by atoms with van der Waals surface area (Å²) in [5, 5.41) is 8.86. The van der Waals surface area contributed by atoms with Crippen molar-refractivity contribution in [2.24, 2.45) is 0 Å². The maximum atomic E-state index is 8.86. The molecule has 1 aromatic rings. The number of aliphatic hydroxyl groups excluding tert-OH is 1. The molecule has 0 saturated carbocycles. The molecule has 0 saturated heterocycles. The highest BCUT2D eigenvalue weighted by atomic mass is 32.1. The van der Waals surface area contributed by atoms with Gasteiger partial charge in [0.1, 0.15) is 5.75 Å². The summed E-state index contributed by atoms with van der Waals surface area (Å²) in [7, 11) is 1.58. The minimum Gasteiger partial charge on any atom is -0.496 e. The number of hydrogen-bond donors (Lipinski definition) is 2. The number of hydrogen-bond acceptors (Lipinski definition) is 3. The van der Waals surface area contributed by atoms with Crippen molar-refractivity contribution >= 4 is 12.6 Å². The predicted molar refractivity (Wildman–Crippen MR) is 46.2 cm³/mol. The molecule has 0 fully saturated rings. The molecule has 0 bridgehead atoms. The second-order valence-electron chi connectivity index (χ2n) is 2.15. The van der Waals surface area contributed by atoms with Crippen LogP contribution in [0.2, 0.25) is 0 Å². The summed E-state index contributed by atoms with van der Waals surface area (Å²) in [5.74, 6) is 0.699. The monoisotopic (exact) mass is 170 g/mol. The van der Waals surface area contributed by atoms with Crippen molar-refractivity contribution in [3.63, 3.8) is 0 Å². The highest BCUT2D eigenvalue weighted by Crippen LogP contribution is 2.21. The van der Waals surface area contributed by atoms with E-state index in [4.69, 9.17) is 9.84 Å². The normalized spacial score (nSPS) is 9.73. The minimum absolute atomic E-state index is 0.0163. The maximum absolute atomic E-state index is 8.86. The Bertz CT molecular complexity index is 248. The molecule has 0 spiro atoms. The Balaban J connectivity index is 3.06. The van der Waals surface area contributed by atoms with Crippen LogP contribution >= 0.6 is 12.6 Å². The van der Waals surface area contributed by atoms with Crippen LogP contribution in [-0.4, -0.2) is 12.2 Å². The lowest BCUT2D eigenvalue weighted by molar-refractivity contribution is 0.273. The summed E-state index contributed by atoms with van der Waals surface area (Å²) in [6.45, 7) is -0.0163. The molecule has 0 radical (unpaired) electrons. The molecule has 1 rings (SSSR count). The molecule has 1 N–H and O–H groups in total. The van der Waals surface area contributed by atoms with Gasteiger partial charge in [0.15, 0.2) is 0 Å². The van der Waals surface area contributed by atoms with Crippen molar-refractivity contribution in [2.45, 2.75) is 11.5 Å². The average molecular weight is 170 g/mol. The molecule has 1 aromatic carbocycles. The van der Waals surface area contributed by atoms with Crippen molar-refractivity contribution < 1.29 is 9.84 Å². The molecule has 3 heteroatoms. The largest absolute Gasteiger partial charge is 0.496 e. The van der Waals surface area contributed by atoms with Crippen LogP contribution in [0.25, 0.3) is 0 Å². The van der Waals surface area contributed by atoms with Crippen LogP contribution in [0.15, 0.2) is 23.1 Å². The van der Waals surface area contributed by atoms with Crippen molar-refractivity contribution in [1.29, 1.82) is 0 Å². The summed E-state index contributed by atoms with van der Waals surface area (Å²) in [6, 6.07) is 5.39. The van der Waals surface area contributed by atoms with Gasteiger partial charge in [-0.15, -0.1) is 12.6 Å². The Morgan fingerprint density at radius 2 is 2.27 bits per heavy atom. The Labute approximate surface area is 71.2 Å². The summed E-state index contributed by atoms with van der Waals surface area (Å²) in [6.07, 6.45) is 0. The zero-order valence-electron chi connectivity index (χ0n) is 6.24. The van der Waals surface area contributed by atoms with E-state index in [2.05, 4.69) is 12.6 Å². The van der Waals surface area contributed by atoms with E-state index in [9.17, 15) is 0 Å². The molecule has 0 heterocycles. The summed E-state index contributed by atoms with van der Waals surface area (Å²) in [5.41, 5.74) is 0.764. The number of rotatable bonds is 2. The third-order valence-electron chi connectivity index (χ3n) is 1.43. The Hall–Kier alpha value is -0.670. The van der Waals surface area contributed by atoms with E-state index in [0.29, 0.717) is 5.75 Å². The maximum Gasteiger partial charge on any atom is 0.124 e. The number of benzene rings is 1. The first-order valence-corrected chi connectivity index (χ1v) is 3.69. The van der Waals surface area contributed by atoms with Crippen molar-refractivity contribution in [1.82, 2.24) is 0 Å². The summed E-state index contributed by atoms with van der Waals surface area (Å²) >= 11 is 4.13. The fourth-order valence-corrected chi connectivity index (χ4v) is 1.12. The van der Waals surface area contributed by atoms with Gasteiger partial charge in [-0.1, -0.05) is 0 Å². The van der Waals surface area contributed by atoms with E-state index < -0.39 is 0 Å². The third kappa shape index (κ3) is 1.88. The number of thiol groups is 1. The zero-order chi connectivity index (χ0) is 8.27. The molecule has 0 atom stereocenters. The van der Waals surface area contributed by atoms with Gasteiger partial charge in [-0.3, -0.25) is 0 Å². The van der Waals surface area contributed by atoms with Gasteiger partial charge in [0.2, 0.25) is 0 Å². The highest BCUT2D eigenvalue weighted by molar-refractivity contribution is 7.80. The lowest BCUT2D eigenvalue weighted by Crippen LogP contribution is -1.90. The smallest absolute Gasteiger partial charge is 0.124 e. The van der Waals surface area contributed by atoms with Crippen molar-refractivity contribution in [3.05, 3.63) is 23.8 Å². The van der Waals surface area contributed by atoms with E-state index in [0.717, 1.165) is 10.5 Å². The van der Waals surface area contributed by atoms with Gasteiger partial charge in [-0.25, -0.2) is 0 Å². The first-order valence-electron chi connectivity index (χ1n) is 3.24. The molecule has 0 amide bonds. The highest BCUT2D eigenvalue weighted by Gasteiger charge is 2.00. The van der Waals surface area contributed by atoms with Gasteiger partial charge in [-0.2, -0.15) is 0 Å². The average Bonchev–Trinajstić information content (AvgIpc) is 2.04. The number of ether oxygens (including phenoxy) is 1. The SMILES string of the molecule is COc1ccc(S)cc1CO. The zero-order valence-corrected chi connectivity index (χ0v) is 7.14. The predicted octanol–water partition coefficient (Wildman–Crippen LogP) is 1.48. The molecular formula is C8H10O2S. The van der Waals surface area contributed by atoms with Gasteiger partial charge in [-0.05, 0) is 18.2 Å². The van der Waals surface area contributed by atoms with E-state index in [1.54, 1.807) is 19.2 Å². The third-order valence-corrected chi connectivity index (χ3v) is 1.71. The van der Waals surface area contributed by atoms with Crippen molar-refractivity contribution in [3.8, 4) is 5.75 Å². The quantitative estimate of drug-likeness (QED) is 0.658. The fourth-order valence-electron chi connectivity index (χ4n) is 0.889. The first-order chi connectivity index (χ1) is 5.27. The van der Waals surface area contributed by atoms with Gasteiger partial charge in [0.25, 0.3) is 0 Å². The van der Waals surface area contributed by atoms with Gasteiger partial charge >= 0.3 is 0 Å². The van der Waals surface area contributed by atoms with Crippen LogP contribution in [0.3, 0.4) is 0 Å². The number of aliphatic hydroxyl groups is 1. The van der Waals surface area contributed by atoms with E-state index in [1.807, 2.05) is 6.07 Å². The number of methoxy groups -OCH3 is 1. The topological polar surface area (TPSA) is 29.5 Å². The van der Waals surface area contributed by atoms with E-state index in [1.165, 1.54) is 0 Å². The van der Waals surface area contributed by atoms with Gasteiger partial charge < -0.3 is 9.84 Å². The van der Waals surface area contributed by atoms with Crippen LogP contribution in [0.5, 0.6) is 5.75 Å². The fraction of sp³-hybridized carbons (Fsp3) is 0.250. The molecule has 0 aromatic heterocycles. The van der Waals surface area contributed by atoms with Crippen LogP contribution in [-0.2, 0) is 6.61 Å². The second kappa shape index (κ2) is 3.64. The van der Waals surface area contributed by atoms with Crippen molar-refractivity contribution in [2.75, 3.05) is 7.11 Å². The van der Waals surface area contributed by atoms with Crippen LogP contribution in [0.4, 0.5) is 0 Å². The Morgan fingerprint density at radius 1 is 1.55 bits per heavy atom. The second-order valence-corrected chi connectivity index (χ2v) is 2.67. The molecular weight excluding hydrogens is 160 g/mol. The minimum atomic E-state index is -0.0163. The molecule has 60 valence electrons. The molecule has 2 nitrogen and oxygen atoms in total. The van der Waals surface area contributed by atoms with E-state index >= 15 is 0 Å². The Morgan fingerprint density at radius 3 is 2.82 bits per heavy atom. The molecule has 11 heavy (non-hydrogen) atoms. The Kier molecular flexibility index (Phi) is 2.79. The van der Waals surface area contributed by atoms with Crippen LogP contribution in [0, 0.1) is 0 Å². The van der Waals surface area contributed by atoms with E-state index in [-0.39, 0.29) is 6.61 Å². The van der Waals surface area contributed by atoms with Gasteiger partial charge in [0, 0.05) is 10.5 Å². The molecule has 0 aliphatic heterocycles. The van der Waals surface area contributed by atoms with Gasteiger partial charge in [0.05, 0.1) is 13.7 Å². The molecule has 0 aliphatic rings. The van der Waals surface area contributed by atoms with Crippen LogP contribution in [0.1, 0.15) is 5.56 Å². The lowest BCUT2D eigenvalue weighted by atomic mass is 10.2.